The molecule has 0 aromatic carbocycles. The van der Waals surface area contributed by atoms with Gasteiger partial charge in [-0.25, -0.2) is 9.97 Å². The fourth-order valence-electron chi connectivity index (χ4n) is 1.68. The molecule has 0 aliphatic heterocycles. The lowest BCUT2D eigenvalue weighted by atomic mass is 10.2. The van der Waals surface area contributed by atoms with Gasteiger partial charge in [0.25, 0.3) is 0 Å². The molecule has 3 nitrogen and oxygen atoms in total. The van der Waals surface area contributed by atoms with Crippen molar-refractivity contribution in [2.75, 3.05) is 5.32 Å². The van der Waals surface area contributed by atoms with Crippen molar-refractivity contribution >= 4 is 17.4 Å². The zero-order chi connectivity index (χ0) is 9.10. The number of anilines is 1. The van der Waals surface area contributed by atoms with E-state index in [0.717, 1.165) is 5.82 Å². The van der Waals surface area contributed by atoms with E-state index < -0.39 is 0 Å². The zero-order valence-electron chi connectivity index (χ0n) is 7.33. The highest BCUT2D eigenvalue weighted by molar-refractivity contribution is 6.32. The van der Waals surface area contributed by atoms with Crippen molar-refractivity contribution < 1.29 is 0 Å². The molecule has 1 aliphatic carbocycles. The first-order chi connectivity index (χ1) is 6.36. The van der Waals surface area contributed by atoms with Crippen molar-refractivity contribution in [1.82, 2.24) is 9.97 Å². The van der Waals surface area contributed by atoms with Crippen LogP contribution >= 0.6 is 11.6 Å². The van der Waals surface area contributed by atoms with Crippen LogP contribution in [0.3, 0.4) is 0 Å². The lowest BCUT2D eigenvalue weighted by Gasteiger charge is -2.12. The van der Waals surface area contributed by atoms with E-state index in [1.807, 2.05) is 0 Å². The van der Waals surface area contributed by atoms with Crippen molar-refractivity contribution in [3.63, 3.8) is 0 Å². The van der Waals surface area contributed by atoms with Gasteiger partial charge in [0.15, 0.2) is 0 Å². The van der Waals surface area contributed by atoms with Gasteiger partial charge in [-0.05, 0) is 12.8 Å². The molecule has 4 heteroatoms. The summed E-state index contributed by atoms with van der Waals surface area (Å²) in [6.07, 6.45) is 8.19. The molecule has 0 radical (unpaired) electrons. The first-order valence-corrected chi connectivity index (χ1v) is 4.96. The van der Waals surface area contributed by atoms with E-state index in [0.29, 0.717) is 11.1 Å². The predicted octanol–water partition coefficient (Wildman–Crippen LogP) is 2.48. The number of rotatable bonds is 2. The highest BCUT2D eigenvalue weighted by Gasteiger charge is 2.15. The van der Waals surface area contributed by atoms with Crippen molar-refractivity contribution in [1.29, 1.82) is 0 Å². The van der Waals surface area contributed by atoms with E-state index in [4.69, 9.17) is 11.6 Å². The topological polar surface area (TPSA) is 37.8 Å². The van der Waals surface area contributed by atoms with Gasteiger partial charge in [-0.3, -0.25) is 0 Å². The summed E-state index contributed by atoms with van der Waals surface area (Å²) in [5.74, 6) is 0.767. The molecule has 1 N–H and O–H groups in total. The Morgan fingerprint density at radius 2 is 2.15 bits per heavy atom. The van der Waals surface area contributed by atoms with Crippen LogP contribution in [0.15, 0.2) is 12.5 Å². The molecular weight excluding hydrogens is 186 g/mol. The third kappa shape index (κ3) is 2.10. The van der Waals surface area contributed by atoms with E-state index in [1.165, 1.54) is 32.0 Å². The van der Waals surface area contributed by atoms with Crippen LogP contribution in [0, 0.1) is 0 Å². The van der Waals surface area contributed by atoms with Crippen LogP contribution in [-0.4, -0.2) is 16.0 Å². The number of hydrogen-bond donors (Lipinski definition) is 1. The van der Waals surface area contributed by atoms with Gasteiger partial charge < -0.3 is 5.32 Å². The molecule has 1 saturated carbocycles. The third-order valence-electron chi connectivity index (χ3n) is 2.36. The zero-order valence-corrected chi connectivity index (χ0v) is 8.09. The van der Waals surface area contributed by atoms with Gasteiger partial charge in [-0.2, -0.15) is 0 Å². The molecule has 2 rings (SSSR count). The molecular formula is C9H12ClN3. The second-order valence-corrected chi connectivity index (χ2v) is 3.75. The van der Waals surface area contributed by atoms with Crippen LogP contribution in [0.2, 0.25) is 5.02 Å². The maximum Gasteiger partial charge on any atom is 0.148 e. The lowest BCUT2D eigenvalue weighted by molar-refractivity contribution is 0.750. The quantitative estimate of drug-likeness (QED) is 0.792. The second kappa shape index (κ2) is 3.92. The summed E-state index contributed by atoms with van der Waals surface area (Å²) in [5.41, 5.74) is 0. The number of nitrogens with zero attached hydrogens (tertiary/aromatic N) is 2. The SMILES string of the molecule is Clc1cncnc1NC1CCCC1. The molecule has 0 atom stereocenters. The summed E-state index contributed by atoms with van der Waals surface area (Å²) in [5, 5.41) is 3.93. The van der Waals surface area contributed by atoms with E-state index in [9.17, 15) is 0 Å². The smallest absolute Gasteiger partial charge is 0.148 e. The van der Waals surface area contributed by atoms with Gasteiger partial charge in [-0.1, -0.05) is 24.4 Å². The maximum atomic E-state index is 5.92. The molecule has 0 bridgehead atoms. The molecule has 1 aromatic rings. The van der Waals surface area contributed by atoms with Gasteiger partial charge in [0, 0.05) is 6.04 Å². The van der Waals surface area contributed by atoms with Gasteiger partial charge in [-0.15, -0.1) is 0 Å². The van der Waals surface area contributed by atoms with Crippen LogP contribution in [0.1, 0.15) is 25.7 Å². The first kappa shape index (κ1) is 8.75. The van der Waals surface area contributed by atoms with Gasteiger partial charge in [0.2, 0.25) is 0 Å². The van der Waals surface area contributed by atoms with E-state index >= 15 is 0 Å². The van der Waals surface area contributed by atoms with Crippen LogP contribution in [-0.2, 0) is 0 Å². The van der Waals surface area contributed by atoms with Gasteiger partial charge in [0.1, 0.15) is 17.2 Å². The number of hydrogen-bond acceptors (Lipinski definition) is 3. The molecule has 0 amide bonds. The lowest BCUT2D eigenvalue weighted by Crippen LogP contribution is -2.15. The summed E-state index contributed by atoms with van der Waals surface area (Å²) in [4.78, 5) is 7.92. The number of aromatic nitrogens is 2. The molecule has 0 spiro atoms. The normalized spacial score (nSPS) is 17.6. The first-order valence-electron chi connectivity index (χ1n) is 4.58. The van der Waals surface area contributed by atoms with E-state index in [1.54, 1.807) is 6.20 Å². The molecule has 0 saturated heterocycles. The Morgan fingerprint density at radius 1 is 1.38 bits per heavy atom. The van der Waals surface area contributed by atoms with E-state index in [-0.39, 0.29) is 0 Å². The molecule has 1 heterocycles. The third-order valence-corrected chi connectivity index (χ3v) is 2.64. The fourth-order valence-corrected chi connectivity index (χ4v) is 1.84. The average molecular weight is 198 g/mol. The van der Waals surface area contributed by atoms with E-state index in [2.05, 4.69) is 15.3 Å². The highest BCUT2D eigenvalue weighted by atomic mass is 35.5. The Hall–Kier alpha value is -0.830. The molecule has 1 aliphatic rings. The summed E-state index contributed by atoms with van der Waals surface area (Å²) < 4.78 is 0. The fraction of sp³-hybridized carbons (Fsp3) is 0.556. The maximum absolute atomic E-state index is 5.92. The summed E-state index contributed by atoms with van der Waals surface area (Å²) in [6, 6.07) is 0.549. The monoisotopic (exact) mass is 197 g/mol. The minimum atomic E-state index is 0.549. The van der Waals surface area contributed by atoms with Crippen molar-refractivity contribution in [3.05, 3.63) is 17.5 Å². The Labute approximate surface area is 82.5 Å². The Morgan fingerprint density at radius 3 is 2.85 bits per heavy atom. The molecule has 1 aromatic heterocycles. The largest absolute Gasteiger partial charge is 0.366 e. The highest BCUT2D eigenvalue weighted by Crippen LogP contribution is 2.24. The Kier molecular flexibility index (Phi) is 2.64. The second-order valence-electron chi connectivity index (χ2n) is 3.35. The van der Waals surface area contributed by atoms with Crippen LogP contribution in [0.5, 0.6) is 0 Å². The molecule has 1 fully saturated rings. The molecule has 0 unspecified atom stereocenters. The van der Waals surface area contributed by atoms with Crippen molar-refractivity contribution in [2.45, 2.75) is 31.7 Å². The number of halogens is 1. The van der Waals surface area contributed by atoms with Crippen molar-refractivity contribution in [2.24, 2.45) is 0 Å². The summed E-state index contributed by atoms with van der Waals surface area (Å²) in [6.45, 7) is 0. The van der Waals surface area contributed by atoms with Gasteiger partial charge >= 0.3 is 0 Å². The standard InChI is InChI=1S/C9H12ClN3/c10-8-5-11-6-12-9(8)13-7-3-1-2-4-7/h5-7H,1-4H2,(H,11,12,13). The van der Waals surface area contributed by atoms with Crippen LogP contribution in [0.4, 0.5) is 5.82 Å². The van der Waals surface area contributed by atoms with Crippen molar-refractivity contribution in [3.8, 4) is 0 Å². The number of nitrogens with one attached hydrogen (secondary N) is 1. The minimum Gasteiger partial charge on any atom is -0.366 e. The molecule has 70 valence electrons. The summed E-state index contributed by atoms with van der Waals surface area (Å²) in [7, 11) is 0. The van der Waals surface area contributed by atoms with Gasteiger partial charge in [0.05, 0.1) is 6.20 Å². The Bertz CT molecular complexity index is 284. The van der Waals surface area contributed by atoms with Crippen LogP contribution < -0.4 is 5.32 Å². The molecule has 13 heavy (non-hydrogen) atoms. The van der Waals surface area contributed by atoms with Crippen LogP contribution in [0.25, 0.3) is 0 Å². The predicted molar refractivity (Wildman–Crippen MR) is 52.9 cm³/mol. The average Bonchev–Trinajstić information content (AvgIpc) is 2.61. The minimum absolute atomic E-state index is 0.549. The summed E-state index contributed by atoms with van der Waals surface area (Å²) >= 11 is 5.92. The Balaban J connectivity index is 2.04.